The Morgan fingerprint density at radius 3 is 2.94 bits per heavy atom. The smallest absolute Gasteiger partial charge is 0.246 e. The summed E-state index contributed by atoms with van der Waals surface area (Å²) in [6.07, 6.45) is 6.52. The summed E-state index contributed by atoms with van der Waals surface area (Å²) in [5, 5.41) is 3.93. The number of sulfonamides is 1. The molecule has 1 saturated heterocycles. The largest absolute Gasteiger partial charge is 0.330 e. The number of nitrogens with two attached hydrogens (primary N) is 1. The van der Waals surface area contributed by atoms with Gasteiger partial charge in [0.25, 0.3) is 0 Å². The van der Waals surface area contributed by atoms with E-state index in [4.69, 9.17) is 5.73 Å². The van der Waals surface area contributed by atoms with Crippen molar-refractivity contribution in [1.82, 2.24) is 14.1 Å². The van der Waals surface area contributed by atoms with Crippen molar-refractivity contribution < 1.29 is 8.42 Å². The van der Waals surface area contributed by atoms with Crippen LogP contribution in [0.2, 0.25) is 0 Å². The van der Waals surface area contributed by atoms with Gasteiger partial charge in [-0.25, -0.2) is 8.42 Å². The van der Waals surface area contributed by atoms with E-state index >= 15 is 0 Å². The molecule has 0 saturated carbocycles. The van der Waals surface area contributed by atoms with Crippen LogP contribution in [0.5, 0.6) is 0 Å². The number of aromatic nitrogens is 2. The maximum absolute atomic E-state index is 12.5. The van der Waals surface area contributed by atoms with Crippen molar-refractivity contribution in [2.24, 2.45) is 12.8 Å². The van der Waals surface area contributed by atoms with Gasteiger partial charge < -0.3 is 5.73 Å². The van der Waals surface area contributed by atoms with E-state index in [2.05, 4.69) is 5.10 Å². The summed E-state index contributed by atoms with van der Waals surface area (Å²) in [4.78, 5) is 0.282. The van der Waals surface area contributed by atoms with Gasteiger partial charge in [-0.1, -0.05) is 0 Å². The Bertz CT molecular complexity index is 497. The van der Waals surface area contributed by atoms with Crippen LogP contribution in [0.1, 0.15) is 25.7 Å². The molecule has 1 aliphatic heterocycles. The molecule has 0 bridgehead atoms. The van der Waals surface area contributed by atoms with Crippen LogP contribution in [0.15, 0.2) is 17.3 Å². The molecule has 1 aromatic heterocycles. The quantitative estimate of drug-likeness (QED) is 0.836. The molecule has 2 N–H and O–H groups in total. The van der Waals surface area contributed by atoms with E-state index in [-0.39, 0.29) is 10.9 Å². The summed E-state index contributed by atoms with van der Waals surface area (Å²) < 4.78 is 28.0. The van der Waals surface area contributed by atoms with Gasteiger partial charge in [0.1, 0.15) is 4.90 Å². The molecule has 1 unspecified atom stereocenters. The first-order valence-electron chi connectivity index (χ1n) is 6.26. The van der Waals surface area contributed by atoms with Gasteiger partial charge >= 0.3 is 0 Å². The van der Waals surface area contributed by atoms with Gasteiger partial charge in [-0.3, -0.25) is 4.68 Å². The highest BCUT2D eigenvalue weighted by atomic mass is 32.2. The van der Waals surface area contributed by atoms with Crippen molar-refractivity contribution in [2.75, 3.05) is 13.1 Å². The van der Waals surface area contributed by atoms with Crippen LogP contribution in [-0.4, -0.2) is 41.6 Å². The standard InChI is InChI=1S/C11H20N4O2S/c1-14-9-11(8-13-14)18(16,17)15-7-3-5-10(15)4-2-6-12/h8-10H,2-7,12H2,1H3. The van der Waals surface area contributed by atoms with Gasteiger partial charge in [0.05, 0.1) is 6.20 Å². The van der Waals surface area contributed by atoms with Gasteiger partial charge in [-0.15, -0.1) is 0 Å². The summed E-state index contributed by atoms with van der Waals surface area (Å²) in [5.74, 6) is 0. The zero-order valence-electron chi connectivity index (χ0n) is 10.6. The summed E-state index contributed by atoms with van der Waals surface area (Å²) in [5.41, 5.74) is 5.49. The van der Waals surface area contributed by atoms with E-state index in [1.54, 1.807) is 17.5 Å². The van der Waals surface area contributed by atoms with Crippen molar-refractivity contribution in [1.29, 1.82) is 0 Å². The lowest BCUT2D eigenvalue weighted by Gasteiger charge is -2.23. The maximum Gasteiger partial charge on any atom is 0.246 e. The second kappa shape index (κ2) is 5.38. The van der Waals surface area contributed by atoms with E-state index in [1.165, 1.54) is 10.9 Å². The SMILES string of the molecule is Cn1cc(S(=O)(=O)N2CCCC2CCCN)cn1. The van der Waals surface area contributed by atoms with Crippen LogP contribution in [0, 0.1) is 0 Å². The van der Waals surface area contributed by atoms with E-state index in [0.29, 0.717) is 13.1 Å². The van der Waals surface area contributed by atoms with E-state index in [9.17, 15) is 8.42 Å². The Morgan fingerprint density at radius 1 is 1.56 bits per heavy atom. The number of aryl methyl sites for hydroxylation is 1. The molecule has 1 atom stereocenters. The first-order valence-corrected chi connectivity index (χ1v) is 7.70. The monoisotopic (exact) mass is 272 g/mol. The second-order valence-corrected chi connectivity index (χ2v) is 6.58. The molecule has 1 aliphatic rings. The summed E-state index contributed by atoms with van der Waals surface area (Å²) in [6.45, 7) is 1.21. The van der Waals surface area contributed by atoms with Gasteiger partial charge in [-0.2, -0.15) is 9.40 Å². The molecule has 0 amide bonds. The van der Waals surface area contributed by atoms with E-state index in [0.717, 1.165) is 25.7 Å². The molecule has 2 heterocycles. The molecule has 1 aromatic rings. The average Bonchev–Trinajstić information content (AvgIpc) is 2.95. The molecule has 0 aromatic carbocycles. The number of hydrogen-bond acceptors (Lipinski definition) is 4. The Labute approximate surface area is 108 Å². The average molecular weight is 272 g/mol. The lowest BCUT2D eigenvalue weighted by molar-refractivity contribution is 0.365. The van der Waals surface area contributed by atoms with Gasteiger partial charge in [0, 0.05) is 25.8 Å². The molecule has 2 rings (SSSR count). The van der Waals surface area contributed by atoms with Crippen molar-refractivity contribution in [3.63, 3.8) is 0 Å². The number of nitrogens with zero attached hydrogens (tertiary/aromatic N) is 3. The molecule has 6 nitrogen and oxygen atoms in total. The van der Waals surface area contributed by atoms with Gasteiger partial charge in [-0.05, 0) is 32.2 Å². The minimum atomic E-state index is -3.39. The molecule has 0 radical (unpaired) electrons. The summed E-state index contributed by atoms with van der Waals surface area (Å²) in [6, 6.07) is 0.0961. The third-order valence-electron chi connectivity index (χ3n) is 3.35. The van der Waals surface area contributed by atoms with E-state index < -0.39 is 10.0 Å². The predicted molar refractivity (Wildman–Crippen MR) is 68.4 cm³/mol. The Hall–Kier alpha value is -0.920. The molecule has 1 fully saturated rings. The fourth-order valence-corrected chi connectivity index (χ4v) is 4.14. The van der Waals surface area contributed by atoms with Crippen molar-refractivity contribution >= 4 is 10.0 Å². The van der Waals surface area contributed by atoms with Crippen molar-refractivity contribution in [3.05, 3.63) is 12.4 Å². The second-order valence-electron chi connectivity index (χ2n) is 4.69. The topological polar surface area (TPSA) is 81.2 Å². The highest BCUT2D eigenvalue weighted by Gasteiger charge is 2.35. The van der Waals surface area contributed by atoms with Gasteiger partial charge in [0.15, 0.2) is 0 Å². The lowest BCUT2D eigenvalue weighted by atomic mass is 10.1. The fraction of sp³-hybridized carbons (Fsp3) is 0.727. The first kappa shape index (κ1) is 13.5. The molecular formula is C11H20N4O2S. The third kappa shape index (κ3) is 2.57. The fourth-order valence-electron chi connectivity index (χ4n) is 2.43. The predicted octanol–water partition coefficient (Wildman–Crippen LogP) is 0.312. The Balaban J connectivity index is 2.18. The van der Waals surface area contributed by atoms with Crippen LogP contribution < -0.4 is 5.73 Å². The maximum atomic E-state index is 12.5. The molecule has 102 valence electrons. The van der Waals surface area contributed by atoms with Gasteiger partial charge in [0.2, 0.25) is 10.0 Å². The summed E-state index contributed by atoms with van der Waals surface area (Å²) >= 11 is 0. The number of hydrogen-bond donors (Lipinski definition) is 1. The van der Waals surface area contributed by atoms with Crippen molar-refractivity contribution in [2.45, 2.75) is 36.6 Å². The highest BCUT2D eigenvalue weighted by Crippen LogP contribution is 2.28. The summed E-state index contributed by atoms with van der Waals surface area (Å²) in [7, 11) is -1.67. The zero-order valence-corrected chi connectivity index (χ0v) is 11.4. The molecule has 18 heavy (non-hydrogen) atoms. The Morgan fingerprint density at radius 2 is 2.33 bits per heavy atom. The molecule has 0 aliphatic carbocycles. The normalized spacial score (nSPS) is 21.6. The lowest BCUT2D eigenvalue weighted by Crippen LogP contribution is -2.35. The van der Waals surface area contributed by atoms with Crippen LogP contribution in [0.25, 0.3) is 0 Å². The van der Waals surface area contributed by atoms with Crippen LogP contribution in [0.4, 0.5) is 0 Å². The molecular weight excluding hydrogens is 252 g/mol. The van der Waals surface area contributed by atoms with Crippen LogP contribution in [0.3, 0.4) is 0 Å². The first-order chi connectivity index (χ1) is 8.55. The Kier molecular flexibility index (Phi) is 4.04. The minimum absolute atomic E-state index is 0.0961. The zero-order chi connectivity index (χ0) is 13.2. The van der Waals surface area contributed by atoms with Crippen molar-refractivity contribution in [3.8, 4) is 0 Å². The van der Waals surface area contributed by atoms with Crippen LogP contribution >= 0.6 is 0 Å². The van der Waals surface area contributed by atoms with Crippen LogP contribution in [-0.2, 0) is 17.1 Å². The number of rotatable bonds is 5. The highest BCUT2D eigenvalue weighted by molar-refractivity contribution is 7.89. The molecule has 7 heteroatoms. The third-order valence-corrected chi connectivity index (χ3v) is 5.26. The van der Waals surface area contributed by atoms with E-state index in [1.807, 2.05) is 0 Å². The minimum Gasteiger partial charge on any atom is -0.330 e. The molecule has 0 spiro atoms.